The number of carbonyl (C=O) groups excluding carboxylic acids is 1. The molecule has 0 saturated carbocycles. The van der Waals surface area contributed by atoms with Gasteiger partial charge in [0.15, 0.2) is 0 Å². The fourth-order valence-electron chi connectivity index (χ4n) is 3.36. The zero-order valence-corrected chi connectivity index (χ0v) is 15.8. The molecule has 0 amide bonds. The van der Waals surface area contributed by atoms with Crippen LogP contribution in [0.5, 0.6) is 0 Å². The van der Waals surface area contributed by atoms with Gasteiger partial charge in [-0.3, -0.25) is 13.9 Å². The molecule has 2 aromatic rings. The lowest BCUT2D eigenvalue weighted by Crippen LogP contribution is -2.43. The van der Waals surface area contributed by atoms with Crippen molar-refractivity contribution in [2.75, 3.05) is 11.9 Å². The average molecular weight is 385 g/mol. The van der Waals surface area contributed by atoms with E-state index >= 15 is 0 Å². The first-order valence-corrected chi connectivity index (χ1v) is 8.59. The van der Waals surface area contributed by atoms with Crippen molar-refractivity contribution in [2.45, 2.75) is 12.8 Å². The lowest BCUT2D eigenvalue weighted by atomic mass is 9.82. The van der Waals surface area contributed by atoms with E-state index in [1.165, 1.54) is 49.0 Å². The molecule has 1 aromatic heterocycles. The summed E-state index contributed by atoms with van der Waals surface area (Å²) in [6.45, 7) is 5.19. The monoisotopic (exact) mass is 385 g/mol. The van der Waals surface area contributed by atoms with Crippen molar-refractivity contribution in [1.82, 2.24) is 9.13 Å². The van der Waals surface area contributed by atoms with Crippen molar-refractivity contribution in [3.63, 3.8) is 0 Å². The number of anilines is 1. The zero-order chi connectivity index (χ0) is 20.6. The molecule has 1 aromatic carbocycles. The fraction of sp³-hybridized carbons (Fsp3) is 0.250. The quantitative estimate of drug-likeness (QED) is 0.641. The van der Waals surface area contributed by atoms with E-state index in [2.05, 4.69) is 11.9 Å². The van der Waals surface area contributed by atoms with Crippen LogP contribution in [0.2, 0.25) is 0 Å². The third-order valence-corrected chi connectivity index (χ3v) is 4.74. The smallest absolute Gasteiger partial charge is 0.337 e. The number of hydrogen-bond acceptors (Lipinski definition) is 5. The summed E-state index contributed by atoms with van der Waals surface area (Å²) in [5.41, 5.74) is 0.369. The van der Waals surface area contributed by atoms with Crippen LogP contribution in [-0.2, 0) is 23.6 Å². The Balaban J connectivity index is 2.33. The number of allylic oxidation sites excluding steroid dienone is 1. The topological polar surface area (TPSA) is 82.3 Å². The predicted molar refractivity (Wildman–Crippen MR) is 103 cm³/mol. The summed E-state index contributed by atoms with van der Waals surface area (Å²) in [5, 5.41) is 2.98. The van der Waals surface area contributed by atoms with Crippen LogP contribution in [0, 0.1) is 5.82 Å². The van der Waals surface area contributed by atoms with Gasteiger partial charge in [0.1, 0.15) is 18.2 Å². The molecule has 1 atom stereocenters. The lowest BCUT2D eigenvalue weighted by molar-refractivity contribution is -0.138. The van der Waals surface area contributed by atoms with Crippen LogP contribution >= 0.6 is 0 Å². The average Bonchev–Trinajstić information content (AvgIpc) is 2.68. The van der Waals surface area contributed by atoms with Crippen LogP contribution < -0.4 is 16.6 Å². The van der Waals surface area contributed by atoms with E-state index in [9.17, 15) is 18.8 Å². The van der Waals surface area contributed by atoms with Gasteiger partial charge in [0.25, 0.3) is 5.56 Å². The molecular weight excluding hydrogens is 365 g/mol. The summed E-state index contributed by atoms with van der Waals surface area (Å²) in [4.78, 5) is 38.1. The maximum Gasteiger partial charge on any atom is 0.337 e. The molecular formula is C20H20FN3O4. The molecule has 1 aliphatic heterocycles. The molecule has 3 rings (SSSR count). The van der Waals surface area contributed by atoms with Crippen molar-refractivity contribution >= 4 is 11.8 Å². The summed E-state index contributed by atoms with van der Waals surface area (Å²) in [5.74, 6) is -1.59. The maximum atomic E-state index is 13.5. The molecule has 2 heterocycles. The number of nitrogens with zero attached hydrogens (tertiary/aromatic N) is 2. The Kier molecular flexibility index (Phi) is 5.04. The highest BCUT2D eigenvalue weighted by Crippen LogP contribution is 2.39. The Labute approximate surface area is 160 Å². The summed E-state index contributed by atoms with van der Waals surface area (Å²) < 4.78 is 21.0. The molecule has 0 fully saturated rings. The Morgan fingerprint density at radius 2 is 1.89 bits per heavy atom. The molecule has 1 N–H and O–H groups in total. The standard InChI is InChI=1S/C20H20FN3O4/c1-5-10-28-19(26)14-11(2)22-17-16(18(25)24(4)20(27)23(17)3)15(14)12-6-8-13(21)9-7-12/h5-9,15,22H,1,10H2,2-4H3/t15-/m1/s1. The first kappa shape index (κ1) is 19.3. The Bertz CT molecular complexity index is 1110. The molecule has 1 aliphatic rings. The number of carbonyl (C=O) groups is 1. The first-order chi connectivity index (χ1) is 13.3. The first-order valence-electron chi connectivity index (χ1n) is 8.59. The van der Waals surface area contributed by atoms with Gasteiger partial charge < -0.3 is 10.1 Å². The number of ether oxygens (including phenoxy) is 1. The third-order valence-electron chi connectivity index (χ3n) is 4.74. The number of aromatic nitrogens is 2. The van der Waals surface area contributed by atoms with E-state index < -0.39 is 29.0 Å². The molecule has 0 aliphatic carbocycles. The Morgan fingerprint density at radius 3 is 2.50 bits per heavy atom. The van der Waals surface area contributed by atoms with Crippen LogP contribution in [-0.4, -0.2) is 21.7 Å². The number of fused-ring (bicyclic) bond motifs is 1. The van der Waals surface area contributed by atoms with E-state index in [1.54, 1.807) is 6.92 Å². The van der Waals surface area contributed by atoms with E-state index in [0.717, 1.165) is 4.57 Å². The predicted octanol–water partition coefficient (Wildman–Crippen LogP) is 1.78. The van der Waals surface area contributed by atoms with Gasteiger partial charge in [-0.15, -0.1) is 0 Å². The van der Waals surface area contributed by atoms with Gasteiger partial charge in [-0.25, -0.2) is 14.0 Å². The number of hydrogen-bond donors (Lipinski definition) is 1. The third kappa shape index (κ3) is 3.06. The van der Waals surface area contributed by atoms with Gasteiger partial charge in [-0.2, -0.15) is 0 Å². The van der Waals surface area contributed by atoms with Crippen molar-refractivity contribution in [2.24, 2.45) is 14.1 Å². The lowest BCUT2D eigenvalue weighted by Gasteiger charge is -2.30. The molecule has 0 spiro atoms. The van der Waals surface area contributed by atoms with Gasteiger partial charge in [0, 0.05) is 19.8 Å². The van der Waals surface area contributed by atoms with Gasteiger partial charge in [-0.1, -0.05) is 24.8 Å². The van der Waals surface area contributed by atoms with E-state index in [4.69, 9.17) is 4.74 Å². The minimum absolute atomic E-state index is 0.00386. The zero-order valence-electron chi connectivity index (χ0n) is 15.8. The number of halogens is 1. The molecule has 146 valence electrons. The number of benzene rings is 1. The van der Waals surface area contributed by atoms with Gasteiger partial charge >= 0.3 is 11.7 Å². The largest absolute Gasteiger partial charge is 0.458 e. The van der Waals surface area contributed by atoms with Gasteiger partial charge in [0.05, 0.1) is 17.1 Å². The van der Waals surface area contributed by atoms with Crippen LogP contribution in [0.3, 0.4) is 0 Å². The van der Waals surface area contributed by atoms with Crippen molar-refractivity contribution in [3.05, 3.63) is 86.0 Å². The summed E-state index contributed by atoms with van der Waals surface area (Å²) in [6.07, 6.45) is 1.44. The second-order valence-electron chi connectivity index (χ2n) is 6.50. The minimum atomic E-state index is -0.820. The number of nitrogens with one attached hydrogen (secondary N) is 1. The summed E-state index contributed by atoms with van der Waals surface area (Å²) in [7, 11) is 2.90. The summed E-state index contributed by atoms with van der Waals surface area (Å²) in [6, 6.07) is 5.53. The molecule has 7 nitrogen and oxygen atoms in total. The highest BCUT2D eigenvalue weighted by molar-refractivity contribution is 5.94. The number of rotatable bonds is 4. The van der Waals surface area contributed by atoms with E-state index in [0.29, 0.717) is 17.1 Å². The Hall–Kier alpha value is -3.42. The van der Waals surface area contributed by atoms with E-state index in [1.807, 2.05) is 0 Å². The number of esters is 1. The second-order valence-corrected chi connectivity index (χ2v) is 6.50. The molecule has 0 saturated heterocycles. The molecule has 0 bridgehead atoms. The maximum absolute atomic E-state index is 13.5. The van der Waals surface area contributed by atoms with Crippen molar-refractivity contribution in [1.29, 1.82) is 0 Å². The van der Waals surface area contributed by atoms with Gasteiger partial charge in [0.2, 0.25) is 0 Å². The fourth-order valence-corrected chi connectivity index (χ4v) is 3.36. The molecule has 28 heavy (non-hydrogen) atoms. The van der Waals surface area contributed by atoms with Crippen LogP contribution in [0.15, 0.2) is 57.8 Å². The summed E-state index contributed by atoms with van der Waals surface area (Å²) >= 11 is 0. The molecule has 0 radical (unpaired) electrons. The second kappa shape index (κ2) is 7.30. The highest BCUT2D eigenvalue weighted by Gasteiger charge is 2.37. The highest BCUT2D eigenvalue weighted by atomic mass is 19.1. The van der Waals surface area contributed by atoms with Crippen molar-refractivity contribution < 1.29 is 13.9 Å². The van der Waals surface area contributed by atoms with E-state index in [-0.39, 0.29) is 17.7 Å². The van der Waals surface area contributed by atoms with Crippen LogP contribution in [0.4, 0.5) is 10.2 Å². The molecule has 8 heteroatoms. The Morgan fingerprint density at radius 1 is 1.25 bits per heavy atom. The van der Waals surface area contributed by atoms with Crippen LogP contribution in [0.1, 0.15) is 24.0 Å². The van der Waals surface area contributed by atoms with Crippen molar-refractivity contribution in [3.8, 4) is 0 Å². The van der Waals surface area contributed by atoms with Gasteiger partial charge in [-0.05, 0) is 24.6 Å². The minimum Gasteiger partial charge on any atom is -0.458 e. The SMILES string of the molecule is C=CCOC(=O)C1=C(C)Nc2c(c(=O)n(C)c(=O)n2C)[C@@H]1c1ccc(F)cc1. The van der Waals surface area contributed by atoms with Crippen LogP contribution in [0.25, 0.3) is 0 Å². The molecule has 0 unspecified atom stereocenters. The normalized spacial score (nSPS) is 15.6.